The SMILES string of the molecule is O=C(O)CC(NC(=O)c1cc2c(s1)CCCCC2)C1CC1. The summed E-state index contributed by atoms with van der Waals surface area (Å²) in [5.41, 5.74) is 1.32. The number of hydrogen-bond acceptors (Lipinski definition) is 3. The van der Waals surface area contributed by atoms with Crippen molar-refractivity contribution in [3.63, 3.8) is 0 Å². The van der Waals surface area contributed by atoms with E-state index in [1.807, 2.05) is 6.07 Å². The molecule has 4 nitrogen and oxygen atoms in total. The summed E-state index contributed by atoms with van der Waals surface area (Å²) in [6.07, 6.45) is 7.91. The van der Waals surface area contributed by atoms with Crippen LogP contribution in [0.5, 0.6) is 0 Å². The van der Waals surface area contributed by atoms with E-state index in [0.29, 0.717) is 5.92 Å². The van der Waals surface area contributed by atoms with E-state index in [1.54, 1.807) is 11.3 Å². The molecule has 21 heavy (non-hydrogen) atoms. The number of aliphatic carboxylic acids is 1. The zero-order valence-electron chi connectivity index (χ0n) is 12.1. The van der Waals surface area contributed by atoms with Gasteiger partial charge in [0.15, 0.2) is 0 Å². The summed E-state index contributed by atoms with van der Waals surface area (Å²) in [7, 11) is 0. The van der Waals surface area contributed by atoms with E-state index in [1.165, 1.54) is 29.7 Å². The molecule has 0 aromatic carbocycles. The minimum Gasteiger partial charge on any atom is -0.481 e. The summed E-state index contributed by atoms with van der Waals surface area (Å²) in [5.74, 6) is -0.580. The maximum Gasteiger partial charge on any atom is 0.305 e. The fourth-order valence-corrected chi connectivity index (χ4v) is 4.20. The molecule has 2 aliphatic carbocycles. The molecule has 0 radical (unpaired) electrons. The number of carboxylic acid groups (broad SMARTS) is 1. The summed E-state index contributed by atoms with van der Waals surface area (Å²) < 4.78 is 0. The van der Waals surface area contributed by atoms with Crippen LogP contribution in [0, 0.1) is 5.92 Å². The first kappa shape index (κ1) is 14.6. The van der Waals surface area contributed by atoms with Crippen LogP contribution in [0.1, 0.15) is 58.6 Å². The summed E-state index contributed by atoms with van der Waals surface area (Å²) in [5, 5.41) is 11.9. The topological polar surface area (TPSA) is 66.4 Å². The number of nitrogens with one attached hydrogen (secondary N) is 1. The lowest BCUT2D eigenvalue weighted by Gasteiger charge is -2.15. The lowest BCUT2D eigenvalue weighted by Crippen LogP contribution is -2.37. The molecule has 2 aliphatic rings. The predicted octanol–water partition coefficient (Wildman–Crippen LogP) is 3.00. The number of hydrogen-bond donors (Lipinski definition) is 2. The highest BCUT2D eigenvalue weighted by atomic mass is 32.1. The van der Waals surface area contributed by atoms with Crippen LogP contribution < -0.4 is 5.32 Å². The number of thiophene rings is 1. The van der Waals surface area contributed by atoms with Crippen molar-refractivity contribution < 1.29 is 14.7 Å². The summed E-state index contributed by atoms with van der Waals surface area (Å²) >= 11 is 1.59. The van der Waals surface area contributed by atoms with Crippen LogP contribution in [-0.2, 0) is 17.6 Å². The second-order valence-corrected chi connectivity index (χ2v) is 7.27. The normalized spacial score (nSPS) is 19.4. The monoisotopic (exact) mass is 307 g/mol. The first-order valence-electron chi connectivity index (χ1n) is 7.77. The molecule has 0 aliphatic heterocycles. The van der Waals surface area contributed by atoms with Gasteiger partial charge in [0, 0.05) is 10.9 Å². The maximum absolute atomic E-state index is 12.4. The average molecular weight is 307 g/mol. The van der Waals surface area contributed by atoms with Gasteiger partial charge in [-0.15, -0.1) is 11.3 Å². The fraction of sp³-hybridized carbons (Fsp3) is 0.625. The smallest absolute Gasteiger partial charge is 0.305 e. The molecule has 0 saturated heterocycles. The minimum atomic E-state index is -0.839. The Bertz CT molecular complexity index is 524. The average Bonchev–Trinajstić information content (AvgIpc) is 3.23. The molecule has 114 valence electrons. The summed E-state index contributed by atoms with van der Waals surface area (Å²) in [6.45, 7) is 0. The Labute approximate surface area is 128 Å². The predicted molar refractivity (Wildman–Crippen MR) is 81.8 cm³/mol. The molecule has 1 aromatic heterocycles. The van der Waals surface area contributed by atoms with Gasteiger partial charge in [-0.05, 0) is 56.1 Å². The molecule has 2 N–H and O–H groups in total. The molecule has 1 aromatic rings. The van der Waals surface area contributed by atoms with E-state index in [2.05, 4.69) is 5.32 Å². The molecule has 0 bridgehead atoms. The third kappa shape index (κ3) is 3.64. The molecule has 1 heterocycles. The van der Waals surface area contributed by atoms with Crippen LogP contribution in [0.2, 0.25) is 0 Å². The zero-order valence-corrected chi connectivity index (χ0v) is 12.9. The first-order chi connectivity index (χ1) is 10.1. The van der Waals surface area contributed by atoms with Gasteiger partial charge in [-0.25, -0.2) is 0 Å². The number of aryl methyl sites for hydroxylation is 2. The van der Waals surface area contributed by atoms with Crippen molar-refractivity contribution in [2.24, 2.45) is 5.92 Å². The van der Waals surface area contributed by atoms with Gasteiger partial charge in [0.05, 0.1) is 11.3 Å². The third-order valence-electron chi connectivity index (χ3n) is 4.37. The second-order valence-electron chi connectivity index (χ2n) is 6.13. The number of carboxylic acids is 1. The second kappa shape index (κ2) is 6.18. The van der Waals surface area contributed by atoms with Crippen molar-refractivity contribution in [1.82, 2.24) is 5.32 Å². The molecule has 5 heteroatoms. The van der Waals surface area contributed by atoms with Gasteiger partial charge >= 0.3 is 5.97 Å². The Kier molecular flexibility index (Phi) is 4.29. The number of amides is 1. The molecule has 3 rings (SSSR count). The Morgan fingerprint density at radius 2 is 2.05 bits per heavy atom. The number of carbonyl (C=O) groups is 2. The highest BCUT2D eigenvalue weighted by Crippen LogP contribution is 2.35. The number of carbonyl (C=O) groups excluding carboxylic acids is 1. The Balaban J connectivity index is 1.68. The van der Waals surface area contributed by atoms with Crippen LogP contribution in [0.4, 0.5) is 0 Å². The highest BCUT2D eigenvalue weighted by Gasteiger charge is 2.34. The molecular formula is C16H21NO3S. The van der Waals surface area contributed by atoms with Crippen molar-refractivity contribution in [2.45, 2.75) is 57.4 Å². The Hall–Kier alpha value is -1.36. The summed E-state index contributed by atoms with van der Waals surface area (Å²) in [4.78, 5) is 25.4. The van der Waals surface area contributed by atoms with Gasteiger partial charge in [-0.2, -0.15) is 0 Å². The molecule has 1 unspecified atom stereocenters. The Morgan fingerprint density at radius 1 is 1.29 bits per heavy atom. The van der Waals surface area contributed by atoms with Crippen molar-refractivity contribution >= 4 is 23.2 Å². The summed E-state index contributed by atoms with van der Waals surface area (Å²) in [6, 6.07) is 1.81. The zero-order chi connectivity index (χ0) is 14.8. The van der Waals surface area contributed by atoms with E-state index < -0.39 is 5.97 Å². The van der Waals surface area contributed by atoms with Crippen LogP contribution >= 0.6 is 11.3 Å². The molecule has 0 spiro atoms. The minimum absolute atomic E-state index is 0.0293. The Morgan fingerprint density at radius 3 is 2.76 bits per heavy atom. The first-order valence-corrected chi connectivity index (χ1v) is 8.59. The number of fused-ring (bicyclic) bond motifs is 1. The van der Waals surface area contributed by atoms with E-state index in [9.17, 15) is 9.59 Å². The lowest BCUT2D eigenvalue weighted by molar-refractivity contribution is -0.137. The van der Waals surface area contributed by atoms with Crippen molar-refractivity contribution in [2.75, 3.05) is 0 Å². The van der Waals surface area contributed by atoms with E-state index >= 15 is 0 Å². The van der Waals surface area contributed by atoms with E-state index in [0.717, 1.165) is 30.6 Å². The van der Waals surface area contributed by atoms with Crippen LogP contribution in [0.3, 0.4) is 0 Å². The van der Waals surface area contributed by atoms with Crippen molar-refractivity contribution in [3.8, 4) is 0 Å². The van der Waals surface area contributed by atoms with E-state index in [-0.39, 0.29) is 18.4 Å². The number of rotatable bonds is 5. The largest absolute Gasteiger partial charge is 0.481 e. The van der Waals surface area contributed by atoms with Crippen LogP contribution in [0.25, 0.3) is 0 Å². The van der Waals surface area contributed by atoms with Gasteiger partial charge < -0.3 is 10.4 Å². The van der Waals surface area contributed by atoms with Crippen LogP contribution in [-0.4, -0.2) is 23.0 Å². The van der Waals surface area contributed by atoms with Gasteiger partial charge in [-0.1, -0.05) is 6.42 Å². The molecule has 1 saturated carbocycles. The molecular weight excluding hydrogens is 286 g/mol. The quantitative estimate of drug-likeness (QED) is 0.822. The fourth-order valence-electron chi connectivity index (χ4n) is 3.04. The maximum atomic E-state index is 12.4. The molecule has 1 amide bonds. The highest BCUT2D eigenvalue weighted by molar-refractivity contribution is 7.14. The van der Waals surface area contributed by atoms with Gasteiger partial charge in [-0.3, -0.25) is 9.59 Å². The van der Waals surface area contributed by atoms with Crippen molar-refractivity contribution in [1.29, 1.82) is 0 Å². The third-order valence-corrected chi connectivity index (χ3v) is 5.61. The standard InChI is InChI=1S/C16H21NO3S/c18-15(19)9-12(10-6-7-10)17-16(20)14-8-11-4-2-1-3-5-13(11)21-14/h8,10,12H,1-7,9H2,(H,17,20)(H,18,19). The lowest BCUT2D eigenvalue weighted by atomic mass is 10.1. The van der Waals surface area contributed by atoms with Gasteiger partial charge in [0.1, 0.15) is 0 Å². The van der Waals surface area contributed by atoms with Gasteiger partial charge in [0.2, 0.25) is 0 Å². The van der Waals surface area contributed by atoms with Gasteiger partial charge in [0.25, 0.3) is 5.91 Å². The van der Waals surface area contributed by atoms with E-state index in [4.69, 9.17) is 5.11 Å². The van der Waals surface area contributed by atoms with Crippen molar-refractivity contribution in [3.05, 3.63) is 21.4 Å². The van der Waals surface area contributed by atoms with Crippen LogP contribution in [0.15, 0.2) is 6.07 Å². The molecule has 1 atom stereocenters. The molecule has 1 fully saturated rings.